The van der Waals surface area contributed by atoms with Gasteiger partial charge in [0.25, 0.3) is 0 Å². The van der Waals surface area contributed by atoms with Crippen LogP contribution >= 0.6 is 15.9 Å². The number of anilines is 1. The van der Waals surface area contributed by atoms with Crippen LogP contribution in [0.15, 0.2) is 29.2 Å². The summed E-state index contributed by atoms with van der Waals surface area (Å²) in [6.07, 6.45) is 1.75. The van der Waals surface area contributed by atoms with Gasteiger partial charge in [0, 0.05) is 6.26 Å². The number of para-hydroxylation sites is 1. The van der Waals surface area contributed by atoms with E-state index < -0.39 is 9.84 Å². The quantitative estimate of drug-likeness (QED) is 0.865. The average Bonchev–Trinajstić information content (AvgIpc) is 2.27. The van der Waals surface area contributed by atoms with Crippen molar-refractivity contribution < 1.29 is 13.2 Å². The number of hydrogen-bond donors (Lipinski definition) is 1. The number of hydrogen-bond acceptors (Lipinski definition) is 3. The standard InChI is InChI=1S/C11H14BrNO3S/c1-3-8(12)11(14)13-9-6-4-5-7-10(9)17(2,15)16/h4-8H,3H2,1-2H3,(H,13,14). The molecule has 0 bridgehead atoms. The van der Waals surface area contributed by atoms with Gasteiger partial charge < -0.3 is 5.32 Å². The van der Waals surface area contributed by atoms with Gasteiger partial charge in [-0.2, -0.15) is 0 Å². The molecule has 0 aliphatic heterocycles. The highest BCUT2D eigenvalue weighted by Crippen LogP contribution is 2.21. The Morgan fingerprint density at radius 1 is 1.41 bits per heavy atom. The van der Waals surface area contributed by atoms with E-state index in [2.05, 4.69) is 21.2 Å². The van der Waals surface area contributed by atoms with Gasteiger partial charge in [0.05, 0.1) is 15.4 Å². The highest BCUT2D eigenvalue weighted by Gasteiger charge is 2.17. The van der Waals surface area contributed by atoms with Crippen LogP contribution in [-0.2, 0) is 14.6 Å². The summed E-state index contributed by atoms with van der Waals surface area (Å²) in [4.78, 5) is 11.5. The molecule has 1 atom stereocenters. The van der Waals surface area contributed by atoms with Gasteiger partial charge >= 0.3 is 0 Å². The Morgan fingerprint density at radius 2 is 2.00 bits per heavy atom. The Balaban J connectivity index is 3.04. The molecular weight excluding hydrogens is 306 g/mol. The highest BCUT2D eigenvalue weighted by atomic mass is 79.9. The molecule has 0 fully saturated rings. The van der Waals surface area contributed by atoms with Gasteiger partial charge in [0.2, 0.25) is 5.91 Å². The van der Waals surface area contributed by atoms with Crippen molar-refractivity contribution in [2.24, 2.45) is 0 Å². The number of alkyl halides is 1. The fraction of sp³-hybridized carbons (Fsp3) is 0.364. The zero-order chi connectivity index (χ0) is 13.1. The molecule has 1 aromatic rings. The van der Waals surface area contributed by atoms with Gasteiger partial charge in [-0.25, -0.2) is 8.42 Å². The minimum Gasteiger partial charge on any atom is -0.324 e. The highest BCUT2D eigenvalue weighted by molar-refractivity contribution is 9.10. The number of rotatable bonds is 4. The summed E-state index contributed by atoms with van der Waals surface area (Å²) >= 11 is 3.21. The molecule has 1 amide bonds. The summed E-state index contributed by atoms with van der Waals surface area (Å²) < 4.78 is 23.0. The zero-order valence-electron chi connectivity index (χ0n) is 9.60. The van der Waals surface area contributed by atoms with Gasteiger partial charge in [-0.05, 0) is 18.6 Å². The van der Waals surface area contributed by atoms with E-state index in [1.165, 1.54) is 6.07 Å². The van der Waals surface area contributed by atoms with Crippen LogP contribution in [0.5, 0.6) is 0 Å². The zero-order valence-corrected chi connectivity index (χ0v) is 12.0. The first kappa shape index (κ1) is 14.2. The topological polar surface area (TPSA) is 63.2 Å². The Bertz CT molecular complexity index is 513. The summed E-state index contributed by atoms with van der Waals surface area (Å²) in [5, 5.41) is 2.60. The lowest BCUT2D eigenvalue weighted by molar-refractivity contribution is -0.115. The number of benzene rings is 1. The fourth-order valence-electron chi connectivity index (χ4n) is 1.29. The molecule has 1 rings (SSSR count). The van der Waals surface area contributed by atoms with Crippen LogP contribution in [0.2, 0.25) is 0 Å². The first-order valence-electron chi connectivity index (χ1n) is 5.10. The van der Waals surface area contributed by atoms with Crippen molar-refractivity contribution in [3.8, 4) is 0 Å². The lowest BCUT2D eigenvalue weighted by atomic mass is 10.3. The van der Waals surface area contributed by atoms with E-state index in [0.29, 0.717) is 12.1 Å². The first-order valence-corrected chi connectivity index (χ1v) is 7.91. The van der Waals surface area contributed by atoms with Gasteiger partial charge in [-0.3, -0.25) is 4.79 Å². The van der Waals surface area contributed by atoms with Gasteiger partial charge in [-0.15, -0.1) is 0 Å². The van der Waals surface area contributed by atoms with Crippen LogP contribution in [0, 0.1) is 0 Å². The molecule has 1 N–H and O–H groups in total. The summed E-state index contributed by atoms with van der Waals surface area (Å²) in [6.45, 7) is 1.86. The van der Waals surface area contributed by atoms with E-state index in [9.17, 15) is 13.2 Å². The molecule has 1 aromatic carbocycles. The van der Waals surface area contributed by atoms with Crippen molar-refractivity contribution in [3.63, 3.8) is 0 Å². The number of carbonyl (C=O) groups is 1. The molecule has 0 heterocycles. The second-order valence-corrected chi connectivity index (χ2v) is 6.72. The predicted octanol–water partition coefficient (Wildman–Crippen LogP) is 2.20. The molecule has 0 spiro atoms. The van der Waals surface area contributed by atoms with E-state index >= 15 is 0 Å². The van der Waals surface area contributed by atoms with Gasteiger partial charge in [-0.1, -0.05) is 35.0 Å². The Morgan fingerprint density at radius 3 is 2.53 bits per heavy atom. The molecule has 17 heavy (non-hydrogen) atoms. The third kappa shape index (κ3) is 3.81. The molecule has 0 radical (unpaired) electrons. The third-order valence-electron chi connectivity index (χ3n) is 2.19. The Kier molecular flexibility index (Phi) is 4.70. The average molecular weight is 320 g/mol. The monoisotopic (exact) mass is 319 g/mol. The van der Waals surface area contributed by atoms with Crippen molar-refractivity contribution >= 4 is 37.4 Å². The molecule has 0 aliphatic carbocycles. The maximum absolute atomic E-state index is 11.7. The molecule has 0 aromatic heterocycles. The van der Waals surface area contributed by atoms with Crippen LogP contribution < -0.4 is 5.32 Å². The van der Waals surface area contributed by atoms with Crippen LogP contribution in [0.25, 0.3) is 0 Å². The summed E-state index contributed by atoms with van der Waals surface area (Å²) in [5.41, 5.74) is 0.318. The van der Waals surface area contributed by atoms with E-state index in [0.717, 1.165) is 6.26 Å². The van der Waals surface area contributed by atoms with Crippen LogP contribution in [0.3, 0.4) is 0 Å². The predicted molar refractivity (Wildman–Crippen MR) is 71.2 cm³/mol. The van der Waals surface area contributed by atoms with E-state index in [-0.39, 0.29) is 15.6 Å². The molecule has 6 heteroatoms. The van der Waals surface area contributed by atoms with Crippen LogP contribution in [-0.4, -0.2) is 25.4 Å². The number of carbonyl (C=O) groups excluding carboxylic acids is 1. The van der Waals surface area contributed by atoms with Gasteiger partial charge in [0.1, 0.15) is 0 Å². The first-order chi connectivity index (χ1) is 7.86. The van der Waals surface area contributed by atoms with Gasteiger partial charge in [0.15, 0.2) is 9.84 Å². The summed E-state index contributed by atoms with van der Waals surface area (Å²) in [5.74, 6) is -0.247. The Labute approximate surface area is 109 Å². The number of sulfone groups is 1. The van der Waals surface area contributed by atoms with Crippen molar-refractivity contribution in [2.75, 3.05) is 11.6 Å². The summed E-state index contributed by atoms with van der Waals surface area (Å²) in [7, 11) is -3.34. The molecule has 1 unspecified atom stereocenters. The number of nitrogens with one attached hydrogen (secondary N) is 1. The Hall–Kier alpha value is -0.880. The molecule has 4 nitrogen and oxygen atoms in total. The van der Waals surface area contributed by atoms with Crippen LogP contribution in [0.1, 0.15) is 13.3 Å². The van der Waals surface area contributed by atoms with E-state index in [4.69, 9.17) is 0 Å². The fourth-order valence-corrected chi connectivity index (χ4v) is 2.25. The molecule has 0 saturated carbocycles. The largest absolute Gasteiger partial charge is 0.324 e. The van der Waals surface area contributed by atoms with Crippen molar-refractivity contribution in [2.45, 2.75) is 23.1 Å². The van der Waals surface area contributed by atoms with Crippen molar-refractivity contribution in [3.05, 3.63) is 24.3 Å². The molecule has 0 saturated heterocycles. The van der Waals surface area contributed by atoms with Crippen molar-refractivity contribution in [1.29, 1.82) is 0 Å². The second kappa shape index (κ2) is 5.64. The maximum Gasteiger partial charge on any atom is 0.238 e. The molecule has 94 valence electrons. The minimum atomic E-state index is -3.34. The lowest BCUT2D eigenvalue weighted by Gasteiger charge is -2.11. The second-order valence-electron chi connectivity index (χ2n) is 3.63. The smallest absolute Gasteiger partial charge is 0.238 e. The van der Waals surface area contributed by atoms with Crippen molar-refractivity contribution in [1.82, 2.24) is 0 Å². The van der Waals surface area contributed by atoms with Crippen LogP contribution in [0.4, 0.5) is 5.69 Å². The normalized spacial score (nSPS) is 13.1. The third-order valence-corrected chi connectivity index (χ3v) is 4.41. The number of amides is 1. The SMILES string of the molecule is CCC(Br)C(=O)Nc1ccccc1S(C)(=O)=O. The lowest BCUT2D eigenvalue weighted by Crippen LogP contribution is -2.23. The van der Waals surface area contributed by atoms with E-state index in [1.807, 2.05) is 6.92 Å². The minimum absolute atomic E-state index is 0.129. The molecular formula is C11H14BrNO3S. The number of halogens is 1. The maximum atomic E-state index is 11.7. The van der Waals surface area contributed by atoms with E-state index in [1.54, 1.807) is 18.2 Å². The summed E-state index contributed by atoms with van der Waals surface area (Å²) in [6, 6.07) is 6.35. The molecule has 0 aliphatic rings.